The highest BCUT2D eigenvalue weighted by Crippen LogP contribution is 2.48. The predicted molar refractivity (Wildman–Crippen MR) is 155 cm³/mol. The average Bonchev–Trinajstić information content (AvgIpc) is 3.00. The van der Waals surface area contributed by atoms with Gasteiger partial charge in [0.15, 0.2) is 7.14 Å². The van der Waals surface area contributed by atoms with E-state index >= 15 is 4.57 Å². The maximum absolute atomic E-state index is 15.4. The molecule has 0 fully saturated rings. The third-order valence-electron chi connectivity index (χ3n) is 6.77. The molecule has 7 nitrogen and oxygen atoms in total. The van der Waals surface area contributed by atoms with E-state index < -0.39 is 28.7 Å². The van der Waals surface area contributed by atoms with Gasteiger partial charge in [0, 0.05) is 45.7 Å². The van der Waals surface area contributed by atoms with E-state index in [2.05, 4.69) is 0 Å². The lowest BCUT2D eigenvalue weighted by Gasteiger charge is -2.25. The van der Waals surface area contributed by atoms with Gasteiger partial charge in [-0.3, -0.25) is 20.2 Å². The molecule has 0 aromatic heterocycles. The van der Waals surface area contributed by atoms with Crippen LogP contribution in [0.3, 0.4) is 0 Å². The molecule has 1 atom stereocenters. The fourth-order valence-corrected chi connectivity index (χ4v) is 7.71. The molecule has 11 heteroatoms. The molecule has 1 unspecified atom stereocenters. The van der Waals surface area contributed by atoms with Crippen molar-refractivity contribution in [3.05, 3.63) is 147 Å². The van der Waals surface area contributed by atoms with Gasteiger partial charge in [0.2, 0.25) is 0 Å². The van der Waals surface area contributed by atoms with Gasteiger partial charge in [0.05, 0.1) is 15.4 Å². The molecule has 0 saturated carbocycles. The minimum atomic E-state index is -4.61. The van der Waals surface area contributed by atoms with Crippen molar-refractivity contribution in [1.82, 2.24) is 0 Å². The molecule has 5 rings (SSSR count). The number of nitro groups is 2. The molecule has 0 radical (unpaired) electrons. The lowest BCUT2D eigenvalue weighted by Crippen LogP contribution is -2.27. The van der Waals surface area contributed by atoms with Crippen molar-refractivity contribution in [3.63, 3.8) is 0 Å². The molecule has 210 valence electrons. The van der Waals surface area contributed by atoms with E-state index in [-0.39, 0.29) is 22.0 Å². The molecule has 42 heavy (non-hydrogen) atoms. The van der Waals surface area contributed by atoms with Crippen LogP contribution in [0.4, 0.5) is 24.5 Å². The summed E-state index contributed by atoms with van der Waals surface area (Å²) in [6, 6.07) is 28.6. The second kappa shape index (κ2) is 11.1. The Labute approximate surface area is 237 Å². The topological polar surface area (TPSA) is 103 Å². The van der Waals surface area contributed by atoms with Crippen LogP contribution >= 0.6 is 7.14 Å². The van der Waals surface area contributed by atoms with Gasteiger partial charge in [-0.25, -0.2) is 0 Å². The van der Waals surface area contributed by atoms with Gasteiger partial charge in [-0.2, -0.15) is 13.2 Å². The number of benzene rings is 5. The van der Waals surface area contributed by atoms with Crippen LogP contribution in [0.15, 0.2) is 121 Å². The Morgan fingerprint density at radius 1 is 0.595 bits per heavy atom. The van der Waals surface area contributed by atoms with Crippen LogP contribution in [0, 0.1) is 20.2 Å². The molecule has 5 aromatic carbocycles. The third kappa shape index (κ3) is 5.32. The van der Waals surface area contributed by atoms with E-state index in [0.717, 1.165) is 12.1 Å². The van der Waals surface area contributed by atoms with Gasteiger partial charge in [0.25, 0.3) is 11.4 Å². The Bertz CT molecular complexity index is 1860. The summed E-state index contributed by atoms with van der Waals surface area (Å²) in [5, 5.41) is 23.9. The fourth-order valence-electron chi connectivity index (χ4n) is 4.83. The Balaban J connectivity index is 1.88. The Morgan fingerprint density at radius 3 is 1.69 bits per heavy atom. The second-order valence-corrected chi connectivity index (χ2v) is 12.0. The summed E-state index contributed by atoms with van der Waals surface area (Å²) in [7, 11) is -3.94. The maximum Gasteiger partial charge on any atom is 0.416 e. The average molecular weight is 588 g/mol. The summed E-state index contributed by atoms with van der Waals surface area (Å²) in [5.74, 6) is 0. The number of non-ortho nitro benzene ring substituents is 2. The predicted octanol–water partition coefficient (Wildman–Crippen LogP) is 7.50. The lowest BCUT2D eigenvalue weighted by molar-refractivity contribution is -0.385. The highest BCUT2D eigenvalue weighted by atomic mass is 31.2. The SMILES string of the molecule is O=[N+]([O-])c1cccc(-c2cccc(P(=O)(c3ccccc3)c3ccc(C(F)(F)F)cc3)c2-c2cccc([N+](=O)[O-])c2)c1. The molecular weight excluding hydrogens is 568 g/mol. The van der Waals surface area contributed by atoms with Crippen LogP contribution in [0.1, 0.15) is 5.56 Å². The van der Waals surface area contributed by atoms with Crippen molar-refractivity contribution in [2.24, 2.45) is 0 Å². The van der Waals surface area contributed by atoms with Gasteiger partial charge in [-0.15, -0.1) is 0 Å². The molecule has 5 aromatic rings. The van der Waals surface area contributed by atoms with Gasteiger partial charge in [0.1, 0.15) is 0 Å². The Kier molecular flexibility index (Phi) is 7.49. The van der Waals surface area contributed by atoms with E-state index in [0.29, 0.717) is 27.6 Å². The van der Waals surface area contributed by atoms with Gasteiger partial charge in [-0.1, -0.05) is 84.9 Å². The molecule has 0 amide bonds. The number of halogens is 3. The van der Waals surface area contributed by atoms with Crippen molar-refractivity contribution in [2.45, 2.75) is 6.18 Å². The number of nitrogens with zero attached hydrogens (tertiary/aromatic N) is 2. The molecule has 0 N–H and O–H groups in total. The van der Waals surface area contributed by atoms with Gasteiger partial charge >= 0.3 is 6.18 Å². The van der Waals surface area contributed by atoms with E-state index in [1.807, 2.05) is 0 Å². The normalized spacial score (nSPS) is 12.8. The van der Waals surface area contributed by atoms with Crippen LogP contribution in [-0.4, -0.2) is 9.85 Å². The van der Waals surface area contributed by atoms with E-state index in [1.165, 1.54) is 48.5 Å². The number of nitro benzene ring substituents is 2. The maximum atomic E-state index is 15.4. The van der Waals surface area contributed by atoms with Gasteiger partial charge in [-0.05, 0) is 28.8 Å². The zero-order chi connectivity index (χ0) is 30.1. The first kappa shape index (κ1) is 28.4. The van der Waals surface area contributed by atoms with E-state index in [1.54, 1.807) is 60.7 Å². The largest absolute Gasteiger partial charge is 0.416 e. The molecule has 0 heterocycles. The first-order valence-corrected chi connectivity index (χ1v) is 14.2. The van der Waals surface area contributed by atoms with Crippen molar-refractivity contribution >= 4 is 34.4 Å². The third-order valence-corrected chi connectivity index (χ3v) is 9.88. The molecule has 0 aliphatic heterocycles. The molecule has 0 bridgehead atoms. The highest BCUT2D eigenvalue weighted by Gasteiger charge is 2.36. The zero-order valence-corrected chi connectivity index (χ0v) is 22.5. The lowest BCUT2D eigenvalue weighted by atomic mass is 9.94. The summed E-state index contributed by atoms with van der Waals surface area (Å²) >= 11 is 0. The summed E-state index contributed by atoms with van der Waals surface area (Å²) in [5.41, 5.74) is 0.0564. The molecule has 0 aliphatic carbocycles. The Hall–Kier alpha value is -5.08. The summed E-state index contributed by atoms with van der Waals surface area (Å²) in [6.45, 7) is 0. The smallest absolute Gasteiger partial charge is 0.309 e. The van der Waals surface area contributed by atoms with Crippen molar-refractivity contribution < 1.29 is 27.6 Å². The van der Waals surface area contributed by atoms with Crippen molar-refractivity contribution in [3.8, 4) is 22.3 Å². The van der Waals surface area contributed by atoms with Gasteiger partial charge < -0.3 is 4.57 Å². The number of hydrogen-bond acceptors (Lipinski definition) is 5. The minimum Gasteiger partial charge on any atom is -0.309 e. The van der Waals surface area contributed by atoms with E-state index in [9.17, 15) is 33.4 Å². The molecule has 0 aliphatic rings. The summed E-state index contributed by atoms with van der Waals surface area (Å²) in [4.78, 5) is 22.1. The summed E-state index contributed by atoms with van der Waals surface area (Å²) in [6.07, 6.45) is -4.61. The van der Waals surface area contributed by atoms with Crippen LogP contribution in [0.5, 0.6) is 0 Å². The van der Waals surface area contributed by atoms with Crippen LogP contribution in [0.25, 0.3) is 22.3 Å². The number of rotatable bonds is 7. The Morgan fingerprint density at radius 2 is 1.12 bits per heavy atom. The minimum absolute atomic E-state index is 0.115. The van der Waals surface area contributed by atoms with Crippen molar-refractivity contribution in [2.75, 3.05) is 0 Å². The fraction of sp³-hybridized carbons (Fsp3) is 0.0323. The summed E-state index contributed by atoms with van der Waals surface area (Å²) < 4.78 is 55.7. The highest BCUT2D eigenvalue weighted by molar-refractivity contribution is 7.85. The van der Waals surface area contributed by atoms with E-state index in [4.69, 9.17) is 0 Å². The van der Waals surface area contributed by atoms with Crippen molar-refractivity contribution in [1.29, 1.82) is 0 Å². The first-order valence-electron chi connectivity index (χ1n) is 12.5. The standard InChI is InChI=1S/C31H20F3N2O5P/c32-31(33,34)23-15-17-27(18-16-23)42(41,26-11-2-1-3-12-26)29-14-6-13-28(21-7-4-9-24(19-21)35(37)38)30(29)22-8-5-10-25(20-22)36(39)40/h1-20H. The quantitative estimate of drug-likeness (QED) is 0.111. The molecule has 0 saturated heterocycles. The molecule has 0 spiro atoms. The zero-order valence-electron chi connectivity index (χ0n) is 21.6. The first-order chi connectivity index (χ1) is 20.0. The van der Waals surface area contributed by atoms with Crippen LogP contribution < -0.4 is 15.9 Å². The monoisotopic (exact) mass is 588 g/mol. The molecular formula is C31H20F3N2O5P. The van der Waals surface area contributed by atoms with Crippen LogP contribution in [0.2, 0.25) is 0 Å². The van der Waals surface area contributed by atoms with Crippen LogP contribution in [-0.2, 0) is 10.7 Å². The second-order valence-electron chi connectivity index (χ2n) is 9.30. The number of alkyl halides is 3. The number of hydrogen-bond donors (Lipinski definition) is 0.